The number of H-pyrrole nitrogens is 1. The highest BCUT2D eigenvalue weighted by atomic mass is 16.6. The van der Waals surface area contributed by atoms with Gasteiger partial charge in [-0.15, -0.1) is 12.8 Å². The number of carboxylic acids is 1. The van der Waals surface area contributed by atoms with Crippen molar-refractivity contribution in [3.63, 3.8) is 0 Å². The number of aromatic amines is 1. The number of carbonyl (C=O) groups excluding carboxylic acids is 1. The number of benzene rings is 1. The number of carbonyl (C=O) groups is 2. The normalized spacial score (nSPS) is 10.7. The number of rotatable bonds is 5. The Bertz CT molecular complexity index is 787. The summed E-state index contributed by atoms with van der Waals surface area (Å²) < 4.78 is 5.41. The first-order chi connectivity index (χ1) is 12.2. The number of imidazole rings is 1. The third-order valence-corrected chi connectivity index (χ3v) is 3.28. The molecule has 0 saturated carbocycles. The number of amides is 1. The van der Waals surface area contributed by atoms with Crippen molar-refractivity contribution in [1.82, 2.24) is 14.9 Å². The number of ether oxygens (including phenoxy) is 1. The summed E-state index contributed by atoms with van der Waals surface area (Å²) in [5.41, 5.74) is 0.577. The van der Waals surface area contributed by atoms with Crippen LogP contribution < -0.4 is 0 Å². The van der Waals surface area contributed by atoms with Gasteiger partial charge in [-0.25, -0.2) is 14.6 Å². The Balaban J connectivity index is 0.00000163. The molecular formula is C19H25N3O4. The van der Waals surface area contributed by atoms with Gasteiger partial charge in [-0.05, 0) is 39.3 Å². The van der Waals surface area contributed by atoms with Gasteiger partial charge in [0.1, 0.15) is 16.9 Å². The number of aromatic nitrogens is 2. The van der Waals surface area contributed by atoms with Crippen LogP contribution in [0, 0.1) is 12.8 Å². The zero-order chi connectivity index (χ0) is 19.9. The lowest BCUT2D eigenvalue weighted by molar-refractivity contribution is 0.0229. The molecule has 0 spiro atoms. The third kappa shape index (κ3) is 5.52. The number of fused-ring (bicyclic) bond motifs is 1. The van der Waals surface area contributed by atoms with Crippen LogP contribution in [0.25, 0.3) is 11.0 Å². The Morgan fingerprint density at radius 1 is 1.31 bits per heavy atom. The summed E-state index contributed by atoms with van der Waals surface area (Å²) in [4.78, 5) is 32.6. The van der Waals surface area contributed by atoms with Gasteiger partial charge in [0.25, 0.3) is 0 Å². The minimum Gasteiger partial charge on any atom is -0.478 e. The van der Waals surface area contributed by atoms with Crippen LogP contribution in [0.2, 0.25) is 0 Å². The highest BCUT2D eigenvalue weighted by Crippen LogP contribution is 2.18. The average Bonchev–Trinajstić information content (AvgIpc) is 2.96. The Kier molecular flexibility index (Phi) is 7.20. The maximum atomic E-state index is 12.3. The molecule has 0 aliphatic carbocycles. The summed E-state index contributed by atoms with van der Waals surface area (Å²) in [6.07, 6.45) is 8.36. The molecule has 0 atom stereocenters. The van der Waals surface area contributed by atoms with Crippen molar-refractivity contribution in [1.29, 1.82) is 0 Å². The zero-order valence-corrected chi connectivity index (χ0v) is 15.6. The van der Waals surface area contributed by atoms with E-state index in [0.717, 1.165) is 6.42 Å². The molecule has 0 aliphatic heterocycles. The fourth-order valence-corrected chi connectivity index (χ4v) is 2.34. The number of terminal acetylenes is 1. The van der Waals surface area contributed by atoms with Gasteiger partial charge < -0.3 is 19.7 Å². The molecule has 1 heterocycles. The van der Waals surface area contributed by atoms with Crippen molar-refractivity contribution >= 4 is 23.1 Å². The molecule has 1 amide bonds. The number of nitrogens with zero attached hydrogens (tertiary/aromatic N) is 2. The Hall–Kier alpha value is -3.01. The maximum Gasteiger partial charge on any atom is 0.410 e. The summed E-state index contributed by atoms with van der Waals surface area (Å²) in [5.74, 6) is -0.505. The van der Waals surface area contributed by atoms with Crippen LogP contribution in [0.5, 0.6) is 0 Å². The number of hydrogen-bond acceptors (Lipinski definition) is 4. The van der Waals surface area contributed by atoms with Gasteiger partial charge in [0.05, 0.1) is 17.6 Å². The molecule has 2 rings (SSSR count). The van der Waals surface area contributed by atoms with Crippen LogP contribution in [0.4, 0.5) is 4.79 Å². The monoisotopic (exact) mass is 359 g/mol. The summed E-state index contributed by atoms with van der Waals surface area (Å²) >= 11 is 0. The molecule has 0 aliphatic rings. The van der Waals surface area contributed by atoms with Gasteiger partial charge in [-0.3, -0.25) is 0 Å². The maximum absolute atomic E-state index is 12.3. The van der Waals surface area contributed by atoms with Crippen LogP contribution in [0.3, 0.4) is 0 Å². The Labute approximate surface area is 153 Å². The lowest BCUT2D eigenvalue weighted by Gasteiger charge is -2.26. The molecule has 2 N–H and O–H groups in total. The van der Waals surface area contributed by atoms with Crippen molar-refractivity contribution in [2.45, 2.75) is 46.3 Å². The van der Waals surface area contributed by atoms with E-state index in [2.05, 4.69) is 22.8 Å². The second-order valence-electron chi connectivity index (χ2n) is 6.59. The topological polar surface area (TPSA) is 95.5 Å². The predicted molar refractivity (Wildman–Crippen MR) is 99.9 cm³/mol. The third-order valence-electron chi connectivity index (χ3n) is 3.28. The van der Waals surface area contributed by atoms with Gasteiger partial charge in [0, 0.05) is 6.54 Å². The van der Waals surface area contributed by atoms with Crippen molar-refractivity contribution in [3.8, 4) is 12.8 Å². The van der Waals surface area contributed by atoms with E-state index < -0.39 is 17.7 Å². The van der Waals surface area contributed by atoms with Gasteiger partial charge in [0.2, 0.25) is 0 Å². The molecule has 140 valence electrons. The van der Waals surface area contributed by atoms with E-state index in [9.17, 15) is 14.7 Å². The van der Waals surface area contributed by atoms with E-state index in [1.54, 1.807) is 17.0 Å². The van der Waals surface area contributed by atoms with Crippen LogP contribution in [0.1, 0.15) is 50.3 Å². The minimum absolute atomic E-state index is 0.134. The summed E-state index contributed by atoms with van der Waals surface area (Å²) in [5, 5.41) is 9.24. The lowest BCUT2D eigenvalue weighted by Crippen LogP contribution is -2.37. The zero-order valence-electron chi connectivity index (χ0n) is 15.6. The smallest absolute Gasteiger partial charge is 0.410 e. The van der Waals surface area contributed by atoms with Crippen molar-refractivity contribution in [3.05, 3.63) is 29.6 Å². The van der Waals surface area contributed by atoms with Crippen LogP contribution in [-0.4, -0.2) is 44.2 Å². The number of carboxylic acid groups (broad SMARTS) is 1. The predicted octanol–water partition coefficient (Wildman–Crippen LogP) is 3.66. The standard InChI is InChI=1S/C17H23N3O4.C2H2/c1-5-9-20(16(23)24-17(2,3)4)10-13-18-12-8-6-7-11(15(21)22)14(12)19-13;1-2/h6-8H,5,9-10H2,1-4H3,(H,18,19)(H,21,22);1-2H. The van der Waals surface area contributed by atoms with Gasteiger partial charge in [-0.1, -0.05) is 13.0 Å². The highest BCUT2D eigenvalue weighted by molar-refractivity contribution is 6.00. The molecule has 1 aromatic heterocycles. The molecule has 0 saturated heterocycles. The fourth-order valence-electron chi connectivity index (χ4n) is 2.34. The molecule has 7 heteroatoms. The van der Waals surface area contributed by atoms with E-state index >= 15 is 0 Å². The van der Waals surface area contributed by atoms with Crippen LogP contribution in [-0.2, 0) is 11.3 Å². The van der Waals surface area contributed by atoms with E-state index in [0.29, 0.717) is 23.4 Å². The van der Waals surface area contributed by atoms with E-state index in [4.69, 9.17) is 4.74 Å². The molecule has 0 fully saturated rings. The fraction of sp³-hybridized carbons (Fsp3) is 0.421. The SMILES string of the molecule is C#C.CCCN(Cc1nc2c(C(=O)O)cccc2[nH]1)C(=O)OC(C)(C)C. The van der Waals surface area contributed by atoms with Gasteiger partial charge in [-0.2, -0.15) is 0 Å². The van der Waals surface area contributed by atoms with Gasteiger partial charge >= 0.3 is 12.1 Å². The summed E-state index contributed by atoms with van der Waals surface area (Å²) in [6.45, 7) is 8.17. The van der Waals surface area contributed by atoms with E-state index in [1.165, 1.54) is 6.07 Å². The van der Waals surface area contributed by atoms with Crippen LogP contribution in [0.15, 0.2) is 18.2 Å². The molecular weight excluding hydrogens is 334 g/mol. The van der Waals surface area contributed by atoms with Crippen molar-refractivity contribution in [2.75, 3.05) is 6.54 Å². The first-order valence-corrected chi connectivity index (χ1v) is 8.23. The molecule has 1 aromatic carbocycles. The van der Waals surface area contributed by atoms with Crippen molar-refractivity contribution < 1.29 is 19.4 Å². The molecule has 0 radical (unpaired) electrons. The van der Waals surface area contributed by atoms with Gasteiger partial charge in [0.15, 0.2) is 0 Å². The number of nitrogens with one attached hydrogen (secondary N) is 1. The highest BCUT2D eigenvalue weighted by Gasteiger charge is 2.23. The first kappa shape index (κ1) is 21.0. The van der Waals surface area contributed by atoms with E-state index in [1.807, 2.05) is 27.7 Å². The Morgan fingerprint density at radius 2 is 1.96 bits per heavy atom. The lowest BCUT2D eigenvalue weighted by atomic mass is 10.2. The summed E-state index contributed by atoms with van der Waals surface area (Å²) in [7, 11) is 0. The second kappa shape index (κ2) is 8.90. The number of hydrogen-bond donors (Lipinski definition) is 2. The average molecular weight is 359 g/mol. The largest absolute Gasteiger partial charge is 0.478 e. The second-order valence-corrected chi connectivity index (χ2v) is 6.59. The summed E-state index contributed by atoms with van der Waals surface area (Å²) in [6, 6.07) is 4.92. The molecule has 2 aromatic rings. The number of aromatic carboxylic acids is 1. The molecule has 26 heavy (non-hydrogen) atoms. The Morgan fingerprint density at radius 3 is 2.50 bits per heavy atom. The molecule has 0 unspecified atom stereocenters. The molecule has 7 nitrogen and oxygen atoms in total. The van der Waals surface area contributed by atoms with Crippen molar-refractivity contribution in [2.24, 2.45) is 0 Å². The number of para-hydroxylation sites is 1. The first-order valence-electron chi connectivity index (χ1n) is 8.23. The molecule has 0 bridgehead atoms. The van der Waals surface area contributed by atoms with E-state index in [-0.39, 0.29) is 12.1 Å². The van der Waals surface area contributed by atoms with Crippen LogP contribution >= 0.6 is 0 Å². The minimum atomic E-state index is -1.03. The quantitative estimate of drug-likeness (QED) is 0.794.